The minimum Gasteiger partial charge on any atom is -0.457 e. The maximum atomic E-state index is 12.4. The molecular formula is C22H22N2O4S. The molecule has 3 aromatic rings. The standard InChI is InChI=1S/C22H22N2O4S/c1-17-8-12-19(13-9-17)24(29(2,26)27)16-22(25)23-18-10-14-21(15-11-18)28-20-6-4-3-5-7-20/h3-15H,16H2,1-2H3,(H,23,25). The summed E-state index contributed by atoms with van der Waals surface area (Å²) >= 11 is 0. The summed E-state index contributed by atoms with van der Waals surface area (Å²) in [5, 5.41) is 2.72. The van der Waals surface area contributed by atoms with Crippen LogP contribution in [0.2, 0.25) is 0 Å². The van der Waals surface area contributed by atoms with Gasteiger partial charge in [-0.05, 0) is 55.5 Å². The van der Waals surface area contributed by atoms with E-state index in [1.165, 1.54) is 0 Å². The number of ether oxygens (including phenoxy) is 1. The second kappa shape index (κ2) is 8.79. The summed E-state index contributed by atoms with van der Waals surface area (Å²) in [6.07, 6.45) is 1.08. The number of carbonyl (C=O) groups excluding carboxylic acids is 1. The second-order valence-electron chi connectivity index (χ2n) is 6.59. The number of anilines is 2. The summed E-state index contributed by atoms with van der Waals surface area (Å²) in [6.45, 7) is 1.59. The molecule has 0 spiro atoms. The molecule has 0 bridgehead atoms. The van der Waals surface area contributed by atoms with Gasteiger partial charge < -0.3 is 10.1 Å². The molecule has 0 aliphatic rings. The Balaban J connectivity index is 1.66. The van der Waals surface area contributed by atoms with Crippen LogP contribution < -0.4 is 14.4 Å². The van der Waals surface area contributed by atoms with E-state index < -0.39 is 15.9 Å². The Kier molecular flexibility index (Phi) is 6.19. The van der Waals surface area contributed by atoms with Crippen LogP contribution in [0.4, 0.5) is 11.4 Å². The zero-order valence-electron chi connectivity index (χ0n) is 16.2. The molecule has 0 saturated carbocycles. The fourth-order valence-corrected chi connectivity index (χ4v) is 3.53. The predicted molar refractivity (Wildman–Crippen MR) is 115 cm³/mol. The highest BCUT2D eigenvalue weighted by Crippen LogP contribution is 2.23. The summed E-state index contributed by atoms with van der Waals surface area (Å²) < 4.78 is 31.1. The van der Waals surface area contributed by atoms with Gasteiger partial charge >= 0.3 is 0 Å². The Morgan fingerprint density at radius 1 is 0.897 bits per heavy atom. The van der Waals surface area contributed by atoms with Gasteiger partial charge in [-0.1, -0.05) is 35.9 Å². The maximum absolute atomic E-state index is 12.4. The molecule has 3 aromatic carbocycles. The molecule has 0 aliphatic heterocycles. The third-order valence-corrected chi connectivity index (χ3v) is 5.27. The monoisotopic (exact) mass is 410 g/mol. The summed E-state index contributed by atoms with van der Waals surface area (Å²) in [4.78, 5) is 12.4. The van der Waals surface area contributed by atoms with E-state index in [9.17, 15) is 13.2 Å². The van der Waals surface area contributed by atoms with E-state index in [0.717, 1.165) is 16.1 Å². The summed E-state index contributed by atoms with van der Waals surface area (Å²) in [5.41, 5.74) is 2.00. The highest BCUT2D eigenvalue weighted by Gasteiger charge is 2.20. The van der Waals surface area contributed by atoms with E-state index in [1.807, 2.05) is 37.3 Å². The van der Waals surface area contributed by atoms with Crippen LogP contribution in [0.3, 0.4) is 0 Å². The van der Waals surface area contributed by atoms with Gasteiger partial charge in [0.05, 0.1) is 11.9 Å². The van der Waals surface area contributed by atoms with Crippen molar-refractivity contribution in [3.63, 3.8) is 0 Å². The van der Waals surface area contributed by atoms with Crippen LogP contribution in [0, 0.1) is 6.92 Å². The lowest BCUT2D eigenvalue weighted by Gasteiger charge is -2.22. The number of nitrogens with one attached hydrogen (secondary N) is 1. The van der Waals surface area contributed by atoms with Crippen LogP contribution in [0.15, 0.2) is 78.9 Å². The number of carbonyl (C=O) groups is 1. The number of benzene rings is 3. The highest BCUT2D eigenvalue weighted by atomic mass is 32.2. The largest absolute Gasteiger partial charge is 0.457 e. The van der Waals surface area contributed by atoms with Gasteiger partial charge in [-0.3, -0.25) is 9.10 Å². The molecule has 0 aromatic heterocycles. The van der Waals surface area contributed by atoms with Gasteiger partial charge in [-0.15, -0.1) is 0 Å². The molecular weight excluding hydrogens is 388 g/mol. The van der Waals surface area contributed by atoms with E-state index in [-0.39, 0.29) is 6.54 Å². The van der Waals surface area contributed by atoms with Gasteiger partial charge in [0.15, 0.2) is 0 Å². The van der Waals surface area contributed by atoms with Gasteiger partial charge in [0, 0.05) is 5.69 Å². The van der Waals surface area contributed by atoms with Crippen molar-refractivity contribution in [3.8, 4) is 11.5 Å². The molecule has 1 N–H and O–H groups in total. The first-order chi connectivity index (χ1) is 13.8. The van der Waals surface area contributed by atoms with Crippen LogP contribution in [-0.2, 0) is 14.8 Å². The molecule has 0 saturated heterocycles. The van der Waals surface area contributed by atoms with Crippen molar-refractivity contribution in [1.82, 2.24) is 0 Å². The molecule has 0 unspecified atom stereocenters. The van der Waals surface area contributed by atoms with Crippen LogP contribution in [0.1, 0.15) is 5.56 Å². The van der Waals surface area contributed by atoms with Crippen LogP contribution >= 0.6 is 0 Å². The van der Waals surface area contributed by atoms with Crippen molar-refractivity contribution in [2.24, 2.45) is 0 Å². The van der Waals surface area contributed by atoms with Crippen LogP contribution in [0.25, 0.3) is 0 Å². The zero-order valence-corrected chi connectivity index (χ0v) is 17.0. The van der Waals surface area contributed by atoms with Crippen molar-refractivity contribution in [3.05, 3.63) is 84.4 Å². The van der Waals surface area contributed by atoms with Gasteiger partial charge in [-0.2, -0.15) is 0 Å². The first kappa shape index (κ1) is 20.4. The Morgan fingerprint density at radius 2 is 1.48 bits per heavy atom. The number of hydrogen-bond donors (Lipinski definition) is 1. The Hall–Kier alpha value is -3.32. The predicted octanol–water partition coefficient (Wildman–Crippen LogP) is 4.19. The Morgan fingerprint density at radius 3 is 2.07 bits per heavy atom. The zero-order chi connectivity index (χ0) is 20.9. The van der Waals surface area contributed by atoms with Gasteiger partial charge in [0.2, 0.25) is 15.9 Å². The van der Waals surface area contributed by atoms with Crippen molar-refractivity contribution < 1.29 is 17.9 Å². The van der Waals surface area contributed by atoms with E-state index in [0.29, 0.717) is 22.9 Å². The molecule has 0 fully saturated rings. The van der Waals surface area contributed by atoms with Crippen LogP contribution in [0.5, 0.6) is 11.5 Å². The first-order valence-corrected chi connectivity index (χ1v) is 10.8. The summed E-state index contributed by atoms with van der Waals surface area (Å²) in [5.74, 6) is 0.908. The fraction of sp³-hybridized carbons (Fsp3) is 0.136. The normalized spacial score (nSPS) is 11.0. The van der Waals surface area contributed by atoms with Crippen LogP contribution in [-0.4, -0.2) is 27.1 Å². The number of aryl methyl sites for hydroxylation is 1. The third-order valence-electron chi connectivity index (χ3n) is 4.13. The van der Waals surface area contributed by atoms with Gasteiger partial charge in [0.25, 0.3) is 0 Å². The first-order valence-electron chi connectivity index (χ1n) is 8.98. The number of amides is 1. The van der Waals surface area contributed by atoms with E-state index >= 15 is 0 Å². The Bertz CT molecular complexity index is 1060. The highest BCUT2D eigenvalue weighted by molar-refractivity contribution is 7.92. The Labute approximate surface area is 170 Å². The van der Waals surface area contributed by atoms with Crippen molar-refractivity contribution in [1.29, 1.82) is 0 Å². The molecule has 3 rings (SSSR count). The molecule has 7 heteroatoms. The summed E-state index contributed by atoms with van der Waals surface area (Å²) in [6, 6.07) is 23.2. The molecule has 6 nitrogen and oxygen atoms in total. The van der Waals surface area contributed by atoms with E-state index in [4.69, 9.17) is 4.74 Å². The number of hydrogen-bond acceptors (Lipinski definition) is 4. The molecule has 150 valence electrons. The summed E-state index contributed by atoms with van der Waals surface area (Å²) in [7, 11) is -3.61. The lowest BCUT2D eigenvalue weighted by Crippen LogP contribution is -2.37. The number of sulfonamides is 1. The molecule has 1 amide bonds. The smallest absolute Gasteiger partial charge is 0.245 e. The third kappa shape index (κ3) is 5.83. The average molecular weight is 410 g/mol. The lowest BCUT2D eigenvalue weighted by atomic mass is 10.2. The SMILES string of the molecule is Cc1ccc(N(CC(=O)Nc2ccc(Oc3ccccc3)cc2)S(C)(=O)=O)cc1. The molecule has 0 atom stereocenters. The average Bonchev–Trinajstić information content (AvgIpc) is 2.68. The van der Waals surface area contributed by atoms with Crippen molar-refractivity contribution in [2.75, 3.05) is 22.4 Å². The number of nitrogens with zero attached hydrogens (tertiary/aromatic N) is 1. The van der Waals surface area contributed by atoms with Gasteiger partial charge in [0.1, 0.15) is 18.0 Å². The quantitative estimate of drug-likeness (QED) is 0.634. The van der Waals surface area contributed by atoms with E-state index in [1.54, 1.807) is 48.5 Å². The maximum Gasteiger partial charge on any atom is 0.245 e. The van der Waals surface area contributed by atoms with Crippen molar-refractivity contribution in [2.45, 2.75) is 6.92 Å². The van der Waals surface area contributed by atoms with E-state index in [2.05, 4.69) is 5.32 Å². The molecule has 0 radical (unpaired) electrons. The second-order valence-corrected chi connectivity index (χ2v) is 8.50. The number of rotatable bonds is 7. The number of para-hydroxylation sites is 1. The lowest BCUT2D eigenvalue weighted by molar-refractivity contribution is -0.114. The minimum atomic E-state index is -3.61. The van der Waals surface area contributed by atoms with Gasteiger partial charge in [-0.25, -0.2) is 8.42 Å². The molecule has 29 heavy (non-hydrogen) atoms. The molecule has 0 heterocycles. The topological polar surface area (TPSA) is 75.7 Å². The minimum absolute atomic E-state index is 0.315. The fourth-order valence-electron chi connectivity index (χ4n) is 2.67. The molecule has 0 aliphatic carbocycles. The van der Waals surface area contributed by atoms with Crippen molar-refractivity contribution >= 4 is 27.3 Å².